The zero-order valence-corrected chi connectivity index (χ0v) is 13.1. The van der Waals surface area contributed by atoms with Gasteiger partial charge in [0.2, 0.25) is 0 Å². The first kappa shape index (κ1) is 16.8. The van der Waals surface area contributed by atoms with Crippen LogP contribution in [0, 0.1) is 19.3 Å². The van der Waals surface area contributed by atoms with E-state index in [1.54, 1.807) is 31.4 Å². The van der Waals surface area contributed by atoms with E-state index in [9.17, 15) is 5.11 Å². The summed E-state index contributed by atoms with van der Waals surface area (Å²) in [7, 11) is 1.60. The fraction of sp³-hybridized carbons (Fsp3) is 0.263. The topological polar surface area (TPSA) is 29.5 Å². The lowest BCUT2D eigenvalue weighted by molar-refractivity contribution is 0.145. The van der Waals surface area contributed by atoms with Crippen LogP contribution in [0.4, 0.5) is 0 Å². The molecule has 0 fully saturated rings. The highest BCUT2D eigenvalue weighted by Gasteiger charge is 2.28. The minimum absolute atomic E-state index is 0.652. The fourth-order valence-electron chi connectivity index (χ4n) is 1.96. The van der Waals surface area contributed by atoms with E-state index in [0.29, 0.717) is 11.1 Å². The fourth-order valence-corrected chi connectivity index (χ4v) is 1.96. The third-order valence-electron chi connectivity index (χ3n) is 3.19. The monoisotopic (exact) mass is 282 g/mol. The van der Waals surface area contributed by atoms with E-state index in [2.05, 4.69) is 5.92 Å². The number of rotatable bonds is 3. The van der Waals surface area contributed by atoms with E-state index in [4.69, 9.17) is 11.2 Å². The van der Waals surface area contributed by atoms with Gasteiger partial charge in [0.1, 0.15) is 5.75 Å². The molecule has 110 valence electrons. The van der Waals surface area contributed by atoms with Gasteiger partial charge in [0.15, 0.2) is 5.60 Å². The number of aliphatic hydroxyl groups is 1. The molecule has 2 aromatic rings. The molecule has 2 rings (SSSR count). The Morgan fingerprint density at radius 3 is 1.76 bits per heavy atom. The van der Waals surface area contributed by atoms with Crippen molar-refractivity contribution in [2.45, 2.75) is 26.4 Å². The number of methoxy groups -OCH3 is 1. The number of benzene rings is 2. The maximum Gasteiger partial charge on any atom is 0.176 e. The zero-order valence-electron chi connectivity index (χ0n) is 13.1. The maximum atomic E-state index is 10.7. The van der Waals surface area contributed by atoms with Gasteiger partial charge >= 0.3 is 0 Å². The minimum atomic E-state index is -1.42. The Morgan fingerprint density at radius 2 is 1.38 bits per heavy atom. The highest BCUT2D eigenvalue weighted by molar-refractivity contribution is 5.45. The number of hydrogen-bond donors (Lipinski definition) is 1. The smallest absolute Gasteiger partial charge is 0.176 e. The van der Waals surface area contributed by atoms with Gasteiger partial charge in [0, 0.05) is 11.1 Å². The Bertz CT molecular complexity index is 591. The second kappa shape index (κ2) is 7.52. The van der Waals surface area contributed by atoms with Crippen molar-refractivity contribution in [1.29, 1.82) is 0 Å². The van der Waals surface area contributed by atoms with Crippen LogP contribution < -0.4 is 4.74 Å². The van der Waals surface area contributed by atoms with E-state index >= 15 is 0 Å². The summed E-state index contributed by atoms with van der Waals surface area (Å²) in [5, 5.41) is 10.7. The molecular formula is C19H22O2. The van der Waals surface area contributed by atoms with Gasteiger partial charge < -0.3 is 9.84 Å². The lowest BCUT2D eigenvalue weighted by atomic mass is 9.87. The molecule has 2 nitrogen and oxygen atoms in total. The summed E-state index contributed by atoms with van der Waals surface area (Å²) < 4.78 is 5.10. The Balaban J connectivity index is 0.00000106. The number of aryl methyl sites for hydroxylation is 1. The summed E-state index contributed by atoms with van der Waals surface area (Å²) in [6.07, 6.45) is 5.55. The van der Waals surface area contributed by atoms with Crippen LogP contribution in [-0.2, 0) is 5.60 Å². The van der Waals surface area contributed by atoms with E-state index in [1.165, 1.54) is 0 Å². The van der Waals surface area contributed by atoms with Gasteiger partial charge in [0.25, 0.3) is 0 Å². The Labute approximate surface area is 127 Å². The molecule has 0 amide bonds. The first-order valence-corrected chi connectivity index (χ1v) is 7.02. The molecule has 0 bridgehead atoms. The molecule has 0 aliphatic carbocycles. The molecule has 0 aliphatic heterocycles. The van der Waals surface area contributed by atoms with Crippen molar-refractivity contribution in [2.24, 2.45) is 0 Å². The molecule has 21 heavy (non-hydrogen) atoms. The van der Waals surface area contributed by atoms with Crippen molar-refractivity contribution in [2.75, 3.05) is 7.11 Å². The quantitative estimate of drug-likeness (QED) is 0.865. The van der Waals surface area contributed by atoms with Gasteiger partial charge in [-0.15, -0.1) is 6.42 Å². The molecule has 0 heterocycles. The van der Waals surface area contributed by atoms with Crippen LogP contribution in [0.3, 0.4) is 0 Å². The SMILES string of the molecule is C#CC(O)(c1ccc(C)cc1)c1ccc(OC)cc1.CC. The van der Waals surface area contributed by atoms with Crippen LogP contribution in [0.2, 0.25) is 0 Å². The second-order valence-electron chi connectivity index (χ2n) is 4.45. The number of ether oxygens (including phenoxy) is 1. The standard InChI is InChI=1S/C17H16O2.C2H6/c1-4-17(18,14-7-5-13(2)6-8-14)15-9-11-16(19-3)12-10-15;1-2/h1,5-12,18H,2-3H3;1-2H3. The highest BCUT2D eigenvalue weighted by Crippen LogP contribution is 2.30. The lowest BCUT2D eigenvalue weighted by Crippen LogP contribution is -2.24. The summed E-state index contributed by atoms with van der Waals surface area (Å²) in [5.74, 6) is 3.21. The predicted octanol–water partition coefficient (Wildman–Crippen LogP) is 3.90. The Morgan fingerprint density at radius 1 is 0.952 bits per heavy atom. The van der Waals surface area contributed by atoms with Crippen molar-refractivity contribution in [3.05, 3.63) is 65.2 Å². The second-order valence-corrected chi connectivity index (χ2v) is 4.45. The van der Waals surface area contributed by atoms with Gasteiger partial charge in [-0.2, -0.15) is 0 Å². The molecule has 0 aromatic heterocycles. The summed E-state index contributed by atoms with van der Waals surface area (Å²) in [6.45, 7) is 5.99. The summed E-state index contributed by atoms with van der Waals surface area (Å²) in [5.41, 5.74) is 1.04. The normalized spacial score (nSPS) is 12.4. The van der Waals surface area contributed by atoms with E-state index < -0.39 is 5.60 Å². The molecule has 0 saturated carbocycles. The van der Waals surface area contributed by atoms with Gasteiger partial charge in [-0.05, 0) is 19.1 Å². The summed E-state index contributed by atoms with van der Waals surface area (Å²) >= 11 is 0. The summed E-state index contributed by atoms with van der Waals surface area (Å²) in [6, 6.07) is 14.7. The first-order valence-electron chi connectivity index (χ1n) is 7.02. The molecule has 2 aromatic carbocycles. The van der Waals surface area contributed by atoms with Crippen LogP contribution in [0.1, 0.15) is 30.5 Å². The maximum absolute atomic E-state index is 10.7. The minimum Gasteiger partial charge on any atom is -0.497 e. The van der Waals surface area contributed by atoms with Crippen molar-refractivity contribution < 1.29 is 9.84 Å². The first-order chi connectivity index (χ1) is 10.1. The molecule has 2 heteroatoms. The Hall–Kier alpha value is -2.24. The van der Waals surface area contributed by atoms with Gasteiger partial charge in [-0.1, -0.05) is 61.7 Å². The largest absolute Gasteiger partial charge is 0.497 e. The average Bonchev–Trinajstić information content (AvgIpc) is 2.56. The zero-order chi connectivity index (χ0) is 15.9. The molecule has 1 unspecified atom stereocenters. The average molecular weight is 282 g/mol. The van der Waals surface area contributed by atoms with Crippen molar-refractivity contribution in [1.82, 2.24) is 0 Å². The lowest BCUT2D eigenvalue weighted by Gasteiger charge is -2.23. The predicted molar refractivity (Wildman–Crippen MR) is 87.4 cm³/mol. The third kappa shape index (κ3) is 3.65. The molecule has 1 atom stereocenters. The molecule has 0 radical (unpaired) electrons. The Kier molecular flexibility index (Phi) is 6.02. The van der Waals surface area contributed by atoms with Crippen LogP contribution in [0.25, 0.3) is 0 Å². The summed E-state index contributed by atoms with van der Waals surface area (Å²) in [4.78, 5) is 0. The highest BCUT2D eigenvalue weighted by atomic mass is 16.5. The third-order valence-corrected chi connectivity index (χ3v) is 3.19. The van der Waals surface area contributed by atoms with Crippen LogP contribution >= 0.6 is 0 Å². The van der Waals surface area contributed by atoms with Crippen molar-refractivity contribution in [3.63, 3.8) is 0 Å². The van der Waals surface area contributed by atoms with E-state index in [-0.39, 0.29) is 0 Å². The number of terminal acetylenes is 1. The molecule has 0 aliphatic rings. The molecule has 0 spiro atoms. The van der Waals surface area contributed by atoms with Crippen LogP contribution in [0.5, 0.6) is 5.75 Å². The van der Waals surface area contributed by atoms with Crippen molar-refractivity contribution >= 4 is 0 Å². The van der Waals surface area contributed by atoms with Gasteiger partial charge in [-0.25, -0.2) is 0 Å². The number of hydrogen-bond acceptors (Lipinski definition) is 2. The van der Waals surface area contributed by atoms with Crippen LogP contribution in [-0.4, -0.2) is 12.2 Å². The van der Waals surface area contributed by atoms with Gasteiger partial charge in [0.05, 0.1) is 7.11 Å². The van der Waals surface area contributed by atoms with Gasteiger partial charge in [-0.3, -0.25) is 0 Å². The van der Waals surface area contributed by atoms with E-state index in [1.807, 2.05) is 45.0 Å². The van der Waals surface area contributed by atoms with Crippen LogP contribution in [0.15, 0.2) is 48.5 Å². The van der Waals surface area contributed by atoms with Crippen molar-refractivity contribution in [3.8, 4) is 18.1 Å². The molecule has 0 saturated heterocycles. The molecular weight excluding hydrogens is 260 g/mol. The molecule has 1 N–H and O–H groups in total. The van der Waals surface area contributed by atoms with E-state index in [0.717, 1.165) is 11.3 Å².